The second-order valence-corrected chi connectivity index (χ2v) is 6.40. The quantitative estimate of drug-likeness (QED) is 0.563. The Kier molecular flexibility index (Phi) is 4.49. The van der Waals surface area contributed by atoms with Gasteiger partial charge in [0.25, 0.3) is 0 Å². The molecule has 4 aromatic rings. The van der Waals surface area contributed by atoms with Crippen molar-refractivity contribution in [1.82, 2.24) is 25.6 Å². The smallest absolute Gasteiger partial charge is 0.205 e. The minimum Gasteiger partial charge on any atom is -0.505 e. The number of hydrogen-bond donors (Lipinski definition) is 2. The van der Waals surface area contributed by atoms with Crippen molar-refractivity contribution in [3.05, 3.63) is 59.9 Å². The van der Waals surface area contributed by atoms with Crippen molar-refractivity contribution in [2.75, 3.05) is 7.11 Å². The van der Waals surface area contributed by atoms with Gasteiger partial charge in [-0.3, -0.25) is 4.98 Å². The maximum atomic E-state index is 10.6. The summed E-state index contributed by atoms with van der Waals surface area (Å²) in [5.74, 6) is 1.24. The first kappa shape index (κ1) is 17.7. The third-order valence-corrected chi connectivity index (χ3v) is 4.67. The van der Waals surface area contributed by atoms with Crippen molar-refractivity contribution in [3.8, 4) is 45.1 Å². The Morgan fingerprint density at radius 2 is 1.57 bits per heavy atom. The molecule has 7 nitrogen and oxygen atoms in total. The number of rotatable bonds is 4. The van der Waals surface area contributed by atoms with E-state index in [9.17, 15) is 5.11 Å². The fraction of sp³-hybridized carbons (Fsp3) is 0.143. The number of hydrogen-bond acceptors (Lipinski definition) is 6. The molecule has 2 aromatic heterocycles. The van der Waals surface area contributed by atoms with Crippen LogP contribution in [-0.2, 0) is 0 Å². The van der Waals surface area contributed by atoms with Crippen LogP contribution in [0.5, 0.6) is 11.5 Å². The molecular formula is C21H19N5O2. The highest BCUT2D eigenvalue weighted by Crippen LogP contribution is 2.41. The molecule has 0 aliphatic rings. The summed E-state index contributed by atoms with van der Waals surface area (Å²) in [5, 5.41) is 24.9. The molecular weight excluding hydrogens is 354 g/mol. The summed E-state index contributed by atoms with van der Waals surface area (Å²) in [6.45, 7) is 3.64. The summed E-state index contributed by atoms with van der Waals surface area (Å²) in [7, 11) is 1.58. The lowest BCUT2D eigenvalue weighted by molar-refractivity contribution is 0.402. The van der Waals surface area contributed by atoms with Gasteiger partial charge in [-0.05, 0) is 35.8 Å². The molecule has 0 unspecified atom stereocenters. The number of pyridine rings is 1. The van der Waals surface area contributed by atoms with Crippen LogP contribution in [0.4, 0.5) is 0 Å². The van der Waals surface area contributed by atoms with Crippen LogP contribution in [0, 0.1) is 13.8 Å². The molecule has 0 atom stereocenters. The van der Waals surface area contributed by atoms with E-state index in [4.69, 9.17) is 4.74 Å². The van der Waals surface area contributed by atoms with E-state index in [-0.39, 0.29) is 5.75 Å². The standard InChI is InChI=1S/C21H19N5O2/c1-12-19(27)18(20(28-3)13(2)22-12)15-10-8-14(9-11-15)16-6-4-5-7-17(16)21-23-25-26-24-21/h4-11,27H,1-3H3,(H,23,24,25,26). The van der Waals surface area contributed by atoms with Crippen molar-refractivity contribution in [3.63, 3.8) is 0 Å². The summed E-state index contributed by atoms with van der Waals surface area (Å²) in [4.78, 5) is 4.34. The molecule has 0 aliphatic heterocycles. The topological polar surface area (TPSA) is 96.8 Å². The number of nitrogens with one attached hydrogen (secondary N) is 1. The number of aryl methyl sites for hydroxylation is 2. The Morgan fingerprint density at radius 1 is 0.893 bits per heavy atom. The lowest BCUT2D eigenvalue weighted by Crippen LogP contribution is -1.97. The zero-order valence-corrected chi connectivity index (χ0v) is 15.8. The molecule has 2 heterocycles. The number of methoxy groups -OCH3 is 1. The van der Waals surface area contributed by atoms with Crippen LogP contribution in [0.1, 0.15) is 11.4 Å². The maximum absolute atomic E-state index is 10.6. The molecule has 0 aliphatic carbocycles. The third-order valence-electron chi connectivity index (χ3n) is 4.67. The van der Waals surface area contributed by atoms with Gasteiger partial charge >= 0.3 is 0 Å². The van der Waals surface area contributed by atoms with Gasteiger partial charge in [-0.15, -0.1) is 10.2 Å². The monoisotopic (exact) mass is 373 g/mol. The molecule has 0 radical (unpaired) electrons. The molecule has 0 bridgehead atoms. The van der Waals surface area contributed by atoms with Crippen LogP contribution in [-0.4, -0.2) is 37.8 Å². The van der Waals surface area contributed by atoms with Crippen LogP contribution in [0.25, 0.3) is 33.6 Å². The maximum Gasteiger partial charge on any atom is 0.205 e. The molecule has 7 heteroatoms. The van der Waals surface area contributed by atoms with E-state index in [0.29, 0.717) is 22.8 Å². The molecule has 0 saturated heterocycles. The molecule has 0 saturated carbocycles. The summed E-state index contributed by atoms with van der Waals surface area (Å²) in [5.41, 5.74) is 5.69. The number of tetrazole rings is 1. The highest BCUT2D eigenvalue weighted by atomic mass is 16.5. The van der Waals surface area contributed by atoms with E-state index in [1.807, 2.05) is 55.5 Å². The Balaban J connectivity index is 1.81. The van der Waals surface area contributed by atoms with Crippen molar-refractivity contribution < 1.29 is 9.84 Å². The second kappa shape index (κ2) is 7.11. The van der Waals surface area contributed by atoms with Crippen molar-refractivity contribution >= 4 is 0 Å². The van der Waals surface area contributed by atoms with Gasteiger partial charge in [0.15, 0.2) is 5.75 Å². The van der Waals surface area contributed by atoms with E-state index in [0.717, 1.165) is 27.9 Å². The van der Waals surface area contributed by atoms with Crippen molar-refractivity contribution in [1.29, 1.82) is 0 Å². The third kappa shape index (κ3) is 2.96. The van der Waals surface area contributed by atoms with Crippen molar-refractivity contribution in [2.24, 2.45) is 0 Å². The van der Waals surface area contributed by atoms with Gasteiger partial charge in [0, 0.05) is 5.56 Å². The number of aromatic amines is 1. The van der Waals surface area contributed by atoms with E-state index in [1.165, 1.54) is 0 Å². The van der Waals surface area contributed by atoms with E-state index < -0.39 is 0 Å². The van der Waals surface area contributed by atoms with E-state index in [2.05, 4.69) is 25.6 Å². The molecule has 28 heavy (non-hydrogen) atoms. The fourth-order valence-electron chi connectivity index (χ4n) is 3.36. The number of nitrogens with zero attached hydrogens (tertiary/aromatic N) is 4. The molecule has 140 valence electrons. The fourth-order valence-corrected chi connectivity index (χ4v) is 3.36. The lowest BCUT2D eigenvalue weighted by atomic mass is 9.96. The SMILES string of the molecule is COc1c(C)nc(C)c(O)c1-c1ccc(-c2ccccc2-c2nn[nH]n2)cc1. The predicted octanol–water partition coefficient (Wildman–Crippen LogP) is 3.93. The van der Waals surface area contributed by atoms with Crippen molar-refractivity contribution in [2.45, 2.75) is 13.8 Å². The number of benzene rings is 2. The predicted molar refractivity (Wildman–Crippen MR) is 106 cm³/mol. The van der Waals surface area contributed by atoms with Crippen LogP contribution < -0.4 is 4.74 Å². The number of H-pyrrole nitrogens is 1. The summed E-state index contributed by atoms with van der Waals surface area (Å²) in [6.07, 6.45) is 0. The van der Waals surface area contributed by atoms with Gasteiger partial charge in [0.05, 0.1) is 24.1 Å². The second-order valence-electron chi connectivity index (χ2n) is 6.40. The lowest BCUT2D eigenvalue weighted by Gasteiger charge is -2.15. The summed E-state index contributed by atoms with van der Waals surface area (Å²) >= 11 is 0. The van der Waals surface area contributed by atoms with E-state index in [1.54, 1.807) is 14.0 Å². The van der Waals surface area contributed by atoms with Crippen LogP contribution in [0.3, 0.4) is 0 Å². The van der Waals surface area contributed by atoms with Gasteiger partial charge in [0.2, 0.25) is 5.82 Å². The average molecular weight is 373 g/mol. The Bertz CT molecular complexity index is 1120. The van der Waals surface area contributed by atoms with Crippen LogP contribution >= 0.6 is 0 Å². The molecule has 0 spiro atoms. The highest BCUT2D eigenvalue weighted by Gasteiger charge is 2.18. The number of aromatic nitrogens is 5. The van der Waals surface area contributed by atoms with Crippen LogP contribution in [0.15, 0.2) is 48.5 Å². The largest absolute Gasteiger partial charge is 0.505 e. The summed E-state index contributed by atoms with van der Waals surface area (Å²) < 4.78 is 5.50. The minimum atomic E-state index is 0.127. The molecule has 0 fully saturated rings. The first-order valence-corrected chi connectivity index (χ1v) is 8.78. The first-order chi connectivity index (χ1) is 13.6. The molecule has 2 aromatic carbocycles. The normalized spacial score (nSPS) is 10.8. The highest BCUT2D eigenvalue weighted by molar-refractivity contribution is 5.83. The molecule has 2 N–H and O–H groups in total. The zero-order chi connectivity index (χ0) is 19.7. The first-order valence-electron chi connectivity index (χ1n) is 8.78. The van der Waals surface area contributed by atoms with Gasteiger partial charge in [-0.25, -0.2) is 0 Å². The number of ether oxygens (including phenoxy) is 1. The van der Waals surface area contributed by atoms with E-state index >= 15 is 0 Å². The molecule has 0 amide bonds. The Labute approximate surface area is 162 Å². The molecule has 4 rings (SSSR count). The minimum absolute atomic E-state index is 0.127. The Hall–Kier alpha value is -3.74. The average Bonchev–Trinajstić information content (AvgIpc) is 3.25. The Morgan fingerprint density at radius 3 is 2.21 bits per heavy atom. The number of aromatic hydroxyl groups is 1. The van der Waals surface area contributed by atoms with Gasteiger partial charge in [-0.2, -0.15) is 5.21 Å². The van der Waals surface area contributed by atoms with Crippen LogP contribution in [0.2, 0.25) is 0 Å². The van der Waals surface area contributed by atoms with Gasteiger partial charge in [0.1, 0.15) is 5.75 Å². The van der Waals surface area contributed by atoms with Gasteiger partial charge in [-0.1, -0.05) is 48.5 Å². The zero-order valence-electron chi connectivity index (χ0n) is 15.8. The summed E-state index contributed by atoms with van der Waals surface area (Å²) in [6, 6.07) is 15.8. The van der Waals surface area contributed by atoms with Gasteiger partial charge < -0.3 is 9.84 Å².